The minimum atomic E-state index is 0.146. The van der Waals surface area contributed by atoms with Crippen molar-refractivity contribution in [3.05, 3.63) is 29.3 Å². The lowest BCUT2D eigenvalue weighted by atomic mass is 10.1. The SMILES string of the molecule is Cc1cccc2c1C(=O)N1CCC[C@@H]1CO2. The largest absolute Gasteiger partial charge is 0.491 e. The first-order valence-electron chi connectivity index (χ1n) is 5.81. The van der Waals surface area contributed by atoms with E-state index in [0.717, 1.165) is 36.3 Å². The molecular weight excluding hydrogens is 202 g/mol. The topological polar surface area (TPSA) is 29.5 Å². The molecule has 2 aliphatic rings. The summed E-state index contributed by atoms with van der Waals surface area (Å²) >= 11 is 0. The van der Waals surface area contributed by atoms with Gasteiger partial charge in [-0.3, -0.25) is 4.79 Å². The van der Waals surface area contributed by atoms with Crippen LogP contribution in [-0.4, -0.2) is 30.0 Å². The highest BCUT2D eigenvalue weighted by atomic mass is 16.5. The van der Waals surface area contributed by atoms with Crippen LogP contribution in [-0.2, 0) is 0 Å². The highest BCUT2D eigenvalue weighted by Crippen LogP contribution is 2.31. The third-order valence-corrected chi connectivity index (χ3v) is 3.52. The van der Waals surface area contributed by atoms with Crippen LogP contribution in [0, 0.1) is 6.92 Å². The van der Waals surface area contributed by atoms with E-state index in [1.165, 1.54) is 0 Å². The first kappa shape index (κ1) is 9.70. The summed E-state index contributed by atoms with van der Waals surface area (Å²) in [6, 6.07) is 6.08. The summed E-state index contributed by atoms with van der Waals surface area (Å²) < 4.78 is 5.75. The van der Waals surface area contributed by atoms with Gasteiger partial charge in [0.05, 0.1) is 11.6 Å². The van der Waals surface area contributed by atoms with Gasteiger partial charge in [0.25, 0.3) is 5.91 Å². The number of hydrogen-bond donors (Lipinski definition) is 0. The Labute approximate surface area is 95.0 Å². The molecule has 2 heterocycles. The maximum absolute atomic E-state index is 12.4. The van der Waals surface area contributed by atoms with Crippen molar-refractivity contribution in [2.24, 2.45) is 0 Å². The van der Waals surface area contributed by atoms with E-state index in [2.05, 4.69) is 0 Å². The number of ether oxygens (including phenoxy) is 1. The molecule has 0 saturated carbocycles. The Morgan fingerprint density at radius 2 is 2.31 bits per heavy atom. The van der Waals surface area contributed by atoms with Gasteiger partial charge >= 0.3 is 0 Å². The van der Waals surface area contributed by atoms with Crippen molar-refractivity contribution in [1.29, 1.82) is 0 Å². The number of carbonyl (C=O) groups excluding carboxylic acids is 1. The quantitative estimate of drug-likeness (QED) is 0.665. The number of carbonyl (C=O) groups is 1. The number of hydrogen-bond acceptors (Lipinski definition) is 2. The van der Waals surface area contributed by atoms with E-state index in [9.17, 15) is 4.79 Å². The Balaban J connectivity index is 2.10. The van der Waals surface area contributed by atoms with Gasteiger partial charge < -0.3 is 9.64 Å². The monoisotopic (exact) mass is 217 g/mol. The molecule has 3 heteroatoms. The van der Waals surface area contributed by atoms with Gasteiger partial charge in [-0.2, -0.15) is 0 Å². The molecule has 1 saturated heterocycles. The second kappa shape index (κ2) is 3.51. The van der Waals surface area contributed by atoms with Crippen LogP contribution in [0.4, 0.5) is 0 Å². The minimum absolute atomic E-state index is 0.146. The summed E-state index contributed by atoms with van der Waals surface area (Å²) in [5.41, 5.74) is 1.77. The van der Waals surface area contributed by atoms with Crippen LogP contribution >= 0.6 is 0 Å². The van der Waals surface area contributed by atoms with E-state index in [4.69, 9.17) is 4.74 Å². The van der Waals surface area contributed by atoms with Crippen LogP contribution < -0.4 is 4.74 Å². The summed E-state index contributed by atoms with van der Waals surface area (Å²) in [6.45, 7) is 3.49. The predicted molar refractivity (Wildman–Crippen MR) is 60.7 cm³/mol. The Kier molecular flexibility index (Phi) is 2.13. The van der Waals surface area contributed by atoms with Crippen LogP contribution in [0.3, 0.4) is 0 Å². The molecule has 1 atom stereocenters. The van der Waals surface area contributed by atoms with Crippen molar-refractivity contribution in [2.75, 3.05) is 13.2 Å². The standard InChI is InChI=1S/C13H15NO2/c1-9-4-2-6-11-12(9)13(15)14-7-3-5-10(14)8-16-11/h2,4,6,10H,3,5,7-8H2,1H3/t10-/m1/s1. The molecule has 1 aromatic carbocycles. The smallest absolute Gasteiger partial charge is 0.258 e. The molecule has 0 unspecified atom stereocenters. The van der Waals surface area contributed by atoms with Gasteiger partial charge in [0.1, 0.15) is 12.4 Å². The number of nitrogens with zero attached hydrogens (tertiary/aromatic N) is 1. The molecule has 84 valence electrons. The van der Waals surface area contributed by atoms with E-state index in [0.29, 0.717) is 6.61 Å². The van der Waals surface area contributed by atoms with E-state index in [1.807, 2.05) is 30.0 Å². The zero-order valence-electron chi connectivity index (χ0n) is 9.40. The molecule has 3 nitrogen and oxygen atoms in total. The Bertz CT molecular complexity index is 442. The predicted octanol–water partition coefficient (Wildman–Crippen LogP) is 1.99. The van der Waals surface area contributed by atoms with Gasteiger partial charge in [-0.1, -0.05) is 12.1 Å². The number of amides is 1. The van der Waals surface area contributed by atoms with Gasteiger partial charge in [-0.05, 0) is 31.4 Å². The molecule has 16 heavy (non-hydrogen) atoms. The molecule has 0 N–H and O–H groups in total. The van der Waals surface area contributed by atoms with Crippen LogP contribution in [0.15, 0.2) is 18.2 Å². The summed E-state index contributed by atoms with van der Waals surface area (Å²) in [4.78, 5) is 14.4. The molecule has 2 aliphatic heterocycles. The Morgan fingerprint density at radius 3 is 3.19 bits per heavy atom. The van der Waals surface area contributed by atoms with Crippen molar-refractivity contribution in [1.82, 2.24) is 4.90 Å². The van der Waals surface area contributed by atoms with Gasteiger partial charge in [0, 0.05) is 6.54 Å². The average molecular weight is 217 g/mol. The van der Waals surface area contributed by atoms with Gasteiger partial charge in [0.2, 0.25) is 0 Å². The zero-order valence-corrected chi connectivity index (χ0v) is 9.40. The minimum Gasteiger partial charge on any atom is -0.491 e. The Hall–Kier alpha value is -1.51. The summed E-state index contributed by atoms with van der Waals surface area (Å²) in [5, 5.41) is 0. The molecule has 1 fully saturated rings. The lowest BCUT2D eigenvalue weighted by Gasteiger charge is -2.20. The van der Waals surface area contributed by atoms with Crippen molar-refractivity contribution >= 4 is 5.91 Å². The lowest BCUT2D eigenvalue weighted by molar-refractivity contribution is 0.0726. The second-order valence-electron chi connectivity index (χ2n) is 4.55. The summed E-state index contributed by atoms with van der Waals surface area (Å²) in [7, 11) is 0. The number of rotatable bonds is 0. The van der Waals surface area contributed by atoms with Gasteiger partial charge in [-0.15, -0.1) is 0 Å². The first-order valence-corrected chi connectivity index (χ1v) is 5.81. The zero-order chi connectivity index (χ0) is 11.1. The fraction of sp³-hybridized carbons (Fsp3) is 0.462. The maximum Gasteiger partial charge on any atom is 0.258 e. The van der Waals surface area contributed by atoms with E-state index < -0.39 is 0 Å². The molecule has 1 aromatic rings. The molecule has 0 aromatic heterocycles. The van der Waals surface area contributed by atoms with Crippen LogP contribution in [0.25, 0.3) is 0 Å². The Morgan fingerprint density at radius 1 is 1.44 bits per heavy atom. The third-order valence-electron chi connectivity index (χ3n) is 3.52. The summed E-state index contributed by atoms with van der Waals surface area (Å²) in [6.07, 6.45) is 2.17. The van der Waals surface area contributed by atoms with E-state index in [1.54, 1.807) is 0 Å². The normalized spacial score (nSPS) is 23.4. The molecule has 1 amide bonds. The number of fused-ring (bicyclic) bond motifs is 2. The molecule has 0 spiro atoms. The average Bonchev–Trinajstić information content (AvgIpc) is 2.69. The molecule has 0 bridgehead atoms. The summed E-state index contributed by atoms with van der Waals surface area (Å²) in [5.74, 6) is 0.896. The lowest BCUT2D eigenvalue weighted by Crippen LogP contribution is -2.36. The van der Waals surface area contributed by atoms with Crippen LogP contribution in [0.1, 0.15) is 28.8 Å². The molecule has 0 radical (unpaired) electrons. The van der Waals surface area contributed by atoms with Gasteiger partial charge in [-0.25, -0.2) is 0 Å². The van der Waals surface area contributed by atoms with Crippen LogP contribution in [0.5, 0.6) is 5.75 Å². The third kappa shape index (κ3) is 1.31. The molecule has 0 aliphatic carbocycles. The maximum atomic E-state index is 12.4. The van der Waals surface area contributed by atoms with E-state index in [-0.39, 0.29) is 11.9 Å². The fourth-order valence-corrected chi connectivity index (χ4v) is 2.64. The van der Waals surface area contributed by atoms with Crippen LogP contribution in [0.2, 0.25) is 0 Å². The second-order valence-corrected chi connectivity index (χ2v) is 4.55. The highest BCUT2D eigenvalue weighted by Gasteiger charge is 2.34. The molecular formula is C13H15NO2. The van der Waals surface area contributed by atoms with E-state index >= 15 is 0 Å². The highest BCUT2D eigenvalue weighted by molar-refractivity contribution is 5.99. The van der Waals surface area contributed by atoms with Crippen molar-refractivity contribution in [3.63, 3.8) is 0 Å². The number of aryl methyl sites for hydroxylation is 1. The first-order chi connectivity index (χ1) is 7.77. The molecule has 3 rings (SSSR count). The fourth-order valence-electron chi connectivity index (χ4n) is 2.64. The van der Waals surface area contributed by atoms with Crippen molar-refractivity contribution in [2.45, 2.75) is 25.8 Å². The number of benzene rings is 1. The van der Waals surface area contributed by atoms with Gasteiger partial charge in [0.15, 0.2) is 0 Å². The van der Waals surface area contributed by atoms with Crippen molar-refractivity contribution < 1.29 is 9.53 Å². The van der Waals surface area contributed by atoms with Crippen molar-refractivity contribution in [3.8, 4) is 5.75 Å².